The fourth-order valence-corrected chi connectivity index (χ4v) is 2.36. The molecule has 0 aromatic heterocycles. The average molecular weight is 255 g/mol. The van der Waals surface area contributed by atoms with E-state index in [4.69, 9.17) is 0 Å². The topological polar surface area (TPSA) is 23.5 Å². The molecule has 2 heteroatoms. The summed E-state index contributed by atoms with van der Waals surface area (Å²) in [5.41, 5.74) is 2.10. The maximum Gasteiger partial charge on any atom is 0.0986 e. The van der Waals surface area contributed by atoms with Gasteiger partial charge in [-0.3, -0.25) is 4.90 Å². The van der Waals surface area contributed by atoms with E-state index < -0.39 is 6.10 Å². The Hall–Kier alpha value is -1.64. The predicted molar refractivity (Wildman–Crippen MR) is 78.9 cm³/mol. The average Bonchev–Trinajstić information content (AvgIpc) is 2.49. The van der Waals surface area contributed by atoms with Crippen molar-refractivity contribution in [1.29, 1.82) is 0 Å². The molecule has 0 aliphatic carbocycles. The second-order valence-corrected chi connectivity index (χ2v) is 4.78. The zero-order chi connectivity index (χ0) is 13.7. The van der Waals surface area contributed by atoms with Gasteiger partial charge in [0.25, 0.3) is 0 Å². The summed E-state index contributed by atoms with van der Waals surface area (Å²) in [4.78, 5) is 2.17. The Morgan fingerprint density at radius 1 is 0.895 bits per heavy atom. The van der Waals surface area contributed by atoms with Gasteiger partial charge >= 0.3 is 0 Å². The molecule has 0 fully saturated rings. The van der Waals surface area contributed by atoms with E-state index in [-0.39, 0.29) is 6.04 Å². The van der Waals surface area contributed by atoms with Crippen LogP contribution in [-0.2, 0) is 0 Å². The highest BCUT2D eigenvalue weighted by Gasteiger charge is 2.25. The van der Waals surface area contributed by atoms with Crippen molar-refractivity contribution in [2.75, 3.05) is 13.6 Å². The minimum atomic E-state index is -0.520. The predicted octanol–water partition coefficient (Wildman–Crippen LogP) is 3.41. The van der Waals surface area contributed by atoms with Crippen molar-refractivity contribution in [2.24, 2.45) is 0 Å². The first-order valence-corrected chi connectivity index (χ1v) is 6.72. The molecule has 0 saturated carbocycles. The minimum absolute atomic E-state index is 0.0198. The maximum atomic E-state index is 10.7. The summed E-state index contributed by atoms with van der Waals surface area (Å²) in [5, 5.41) is 10.7. The van der Waals surface area contributed by atoms with Crippen LogP contribution < -0.4 is 0 Å². The number of nitrogens with zero attached hydrogens (tertiary/aromatic N) is 1. The van der Waals surface area contributed by atoms with Gasteiger partial charge in [0.15, 0.2) is 0 Å². The first-order chi connectivity index (χ1) is 9.24. The lowest BCUT2D eigenvalue weighted by Crippen LogP contribution is -2.29. The molecule has 1 N–H and O–H groups in total. The Morgan fingerprint density at radius 2 is 1.37 bits per heavy atom. The summed E-state index contributed by atoms with van der Waals surface area (Å²) < 4.78 is 0. The summed E-state index contributed by atoms with van der Waals surface area (Å²) >= 11 is 0. The zero-order valence-corrected chi connectivity index (χ0v) is 11.5. The zero-order valence-electron chi connectivity index (χ0n) is 11.5. The smallest absolute Gasteiger partial charge is 0.0986 e. The van der Waals surface area contributed by atoms with Gasteiger partial charge in [-0.25, -0.2) is 0 Å². The number of hydrogen-bond acceptors (Lipinski definition) is 2. The lowest BCUT2D eigenvalue weighted by atomic mass is 9.95. The largest absolute Gasteiger partial charge is 0.386 e. The van der Waals surface area contributed by atoms with Crippen molar-refractivity contribution < 1.29 is 5.11 Å². The van der Waals surface area contributed by atoms with Gasteiger partial charge in [0.1, 0.15) is 0 Å². The van der Waals surface area contributed by atoms with Crippen LogP contribution in [0.1, 0.15) is 30.2 Å². The third kappa shape index (κ3) is 3.22. The van der Waals surface area contributed by atoms with Gasteiger partial charge in [0, 0.05) is 0 Å². The normalized spacial score (nSPS) is 14.3. The molecule has 0 saturated heterocycles. The molecule has 0 amide bonds. The van der Waals surface area contributed by atoms with Crippen LogP contribution in [-0.4, -0.2) is 23.6 Å². The van der Waals surface area contributed by atoms with Gasteiger partial charge in [0.2, 0.25) is 0 Å². The third-order valence-electron chi connectivity index (χ3n) is 3.55. The first-order valence-electron chi connectivity index (χ1n) is 6.72. The summed E-state index contributed by atoms with van der Waals surface area (Å²) in [5.74, 6) is 0. The Labute approximate surface area is 115 Å². The molecule has 2 aromatic rings. The Kier molecular flexibility index (Phi) is 4.72. The molecule has 0 aliphatic rings. The summed E-state index contributed by atoms with van der Waals surface area (Å²) in [6.07, 6.45) is -0.520. The monoisotopic (exact) mass is 255 g/mol. The second kappa shape index (κ2) is 6.50. The Morgan fingerprint density at radius 3 is 1.84 bits per heavy atom. The molecular weight excluding hydrogens is 234 g/mol. The lowest BCUT2D eigenvalue weighted by molar-refractivity contribution is 0.0647. The fourth-order valence-electron chi connectivity index (χ4n) is 2.36. The SMILES string of the molecule is CCN(C)C(c1ccccc1)C(O)c1ccccc1. The van der Waals surface area contributed by atoms with Crippen LogP contribution in [0.25, 0.3) is 0 Å². The van der Waals surface area contributed by atoms with Crippen LogP contribution in [0.3, 0.4) is 0 Å². The molecule has 2 nitrogen and oxygen atoms in total. The summed E-state index contributed by atoms with van der Waals surface area (Å²) in [6.45, 7) is 3.00. The fraction of sp³-hybridized carbons (Fsp3) is 0.294. The van der Waals surface area contributed by atoms with E-state index in [2.05, 4.69) is 24.0 Å². The van der Waals surface area contributed by atoms with Gasteiger partial charge in [0.05, 0.1) is 12.1 Å². The lowest BCUT2D eigenvalue weighted by Gasteiger charge is -2.31. The Balaban J connectivity index is 2.34. The van der Waals surface area contributed by atoms with Crippen molar-refractivity contribution in [1.82, 2.24) is 4.90 Å². The van der Waals surface area contributed by atoms with E-state index >= 15 is 0 Å². The highest BCUT2D eigenvalue weighted by atomic mass is 16.3. The molecule has 19 heavy (non-hydrogen) atoms. The number of aliphatic hydroxyl groups is 1. The van der Waals surface area contributed by atoms with Gasteiger partial charge in [-0.15, -0.1) is 0 Å². The highest BCUT2D eigenvalue weighted by molar-refractivity contribution is 5.26. The van der Waals surface area contributed by atoms with Gasteiger partial charge in [-0.1, -0.05) is 67.6 Å². The molecule has 100 valence electrons. The van der Waals surface area contributed by atoms with E-state index in [0.717, 1.165) is 17.7 Å². The molecule has 0 aliphatic heterocycles. The van der Waals surface area contributed by atoms with Crippen LogP contribution >= 0.6 is 0 Å². The van der Waals surface area contributed by atoms with E-state index in [1.807, 2.05) is 55.6 Å². The van der Waals surface area contributed by atoms with Crippen LogP contribution in [0.15, 0.2) is 60.7 Å². The highest BCUT2D eigenvalue weighted by Crippen LogP contribution is 2.32. The number of likely N-dealkylation sites (N-methyl/N-ethyl adjacent to an activating group) is 1. The van der Waals surface area contributed by atoms with Crippen molar-refractivity contribution in [3.63, 3.8) is 0 Å². The second-order valence-electron chi connectivity index (χ2n) is 4.78. The molecule has 0 bridgehead atoms. The number of hydrogen-bond donors (Lipinski definition) is 1. The van der Waals surface area contributed by atoms with E-state index in [0.29, 0.717) is 0 Å². The number of aliphatic hydroxyl groups excluding tert-OH is 1. The standard InChI is InChI=1S/C17H21NO/c1-3-18(2)16(14-10-6-4-7-11-14)17(19)15-12-8-5-9-13-15/h4-13,16-17,19H,3H2,1-2H3. The number of rotatable bonds is 5. The molecule has 2 aromatic carbocycles. The van der Waals surface area contributed by atoms with Gasteiger partial charge in [-0.2, -0.15) is 0 Å². The summed E-state index contributed by atoms with van der Waals surface area (Å²) in [6, 6.07) is 20.0. The molecule has 0 spiro atoms. The molecule has 0 heterocycles. The van der Waals surface area contributed by atoms with Gasteiger partial charge in [-0.05, 0) is 24.7 Å². The minimum Gasteiger partial charge on any atom is -0.386 e. The van der Waals surface area contributed by atoms with Crippen molar-refractivity contribution >= 4 is 0 Å². The number of benzene rings is 2. The van der Waals surface area contributed by atoms with E-state index in [9.17, 15) is 5.11 Å². The van der Waals surface area contributed by atoms with E-state index in [1.165, 1.54) is 0 Å². The van der Waals surface area contributed by atoms with Crippen molar-refractivity contribution in [2.45, 2.75) is 19.1 Å². The Bertz CT molecular complexity index is 483. The van der Waals surface area contributed by atoms with Crippen molar-refractivity contribution in [3.05, 3.63) is 71.8 Å². The van der Waals surface area contributed by atoms with E-state index in [1.54, 1.807) is 0 Å². The molecule has 0 radical (unpaired) electrons. The quantitative estimate of drug-likeness (QED) is 0.885. The summed E-state index contributed by atoms with van der Waals surface area (Å²) in [7, 11) is 2.05. The third-order valence-corrected chi connectivity index (χ3v) is 3.55. The maximum absolute atomic E-state index is 10.7. The molecule has 2 rings (SSSR count). The van der Waals surface area contributed by atoms with Crippen LogP contribution in [0, 0.1) is 0 Å². The first kappa shape index (κ1) is 13.8. The van der Waals surface area contributed by atoms with Crippen LogP contribution in [0.4, 0.5) is 0 Å². The molecule has 2 atom stereocenters. The van der Waals surface area contributed by atoms with Gasteiger partial charge < -0.3 is 5.11 Å². The van der Waals surface area contributed by atoms with Crippen molar-refractivity contribution in [3.8, 4) is 0 Å². The molecular formula is C17H21NO. The molecule has 2 unspecified atom stereocenters. The van der Waals surface area contributed by atoms with Crippen LogP contribution in [0.2, 0.25) is 0 Å². The van der Waals surface area contributed by atoms with Crippen LogP contribution in [0.5, 0.6) is 0 Å².